The number of carbonyl (C=O) groups excluding carboxylic acids is 3. The van der Waals surface area contributed by atoms with Gasteiger partial charge < -0.3 is 20.1 Å². The molecule has 0 heterocycles. The van der Waals surface area contributed by atoms with E-state index in [0.29, 0.717) is 23.6 Å². The molecule has 2 atom stereocenters. The summed E-state index contributed by atoms with van der Waals surface area (Å²) in [6, 6.07) is 11.4. The second-order valence-corrected chi connectivity index (χ2v) is 7.99. The first-order valence-corrected chi connectivity index (χ1v) is 10.7. The molecule has 32 heavy (non-hydrogen) atoms. The average Bonchev–Trinajstić information content (AvgIpc) is 2.74. The van der Waals surface area contributed by atoms with Gasteiger partial charge in [-0.3, -0.25) is 9.59 Å². The van der Waals surface area contributed by atoms with Crippen molar-refractivity contribution in [1.29, 1.82) is 0 Å². The van der Waals surface area contributed by atoms with Crippen LogP contribution in [0.5, 0.6) is 5.75 Å². The lowest BCUT2D eigenvalue weighted by Gasteiger charge is -2.23. The summed E-state index contributed by atoms with van der Waals surface area (Å²) in [5.74, 6) is -1.08. The number of hydrogen-bond donors (Lipinski definition) is 2. The number of esters is 1. The molecular weight excluding hydrogens is 408 g/mol. The number of nitrogens with one attached hydrogen (secondary N) is 2. The highest BCUT2D eigenvalue weighted by Gasteiger charge is 2.29. The van der Waals surface area contributed by atoms with Crippen LogP contribution < -0.4 is 15.4 Å². The van der Waals surface area contributed by atoms with Crippen LogP contribution in [0.2, 0.25) is 0 Å². The van der Waals surface area contributed by atoms with Crippen LogP contribution in [0.25, 0.3) is 0 Å². The maximum absolute atomic E-state index is 12.8. The van der Waals surface area contributed by atoms with Gasteiger partial charge in [-0.2, -0.15) is 0 Å². The van der Waals surface area contributed by atoms with Crippen LogP contribution >= 0.6 is 0 Å². The lowest BCUT2D eigenvalue weighted by Crippen LogP contribution is -2.47. The van der Waals surface area contributed by atoms with Crippen LogP contribution in [-0.4, -0.2) is 36.5 Å². The van der Waals surface area contributed by atoms with Gasteiger partial charge in [0.05, 0.1) is 6.61 Å². The molecule has 0 spiro atoms. The minimum absolute atomic E-state index is 0.233. The van der Waals surface area contributed by atoms with Gasteiger partial charge in [-0.05, 0) is 69.0 Å². The van der Waals surface area contributed by atoms with E-state index < -0.39 is 29.9 Å². The topological polar surface area (TPSA) is 93.7 Å². The third kappa shape index (κ3) is 6.57. The second kappa shape index (κ2) is 11.3. The summed E-state index contributed by atoms with van der Waals surface area (Å²) in [6.45, 7) is 11.3. The first-order chi connectivity index (χ1) is 15.1. The maximum atomic E-state index is 12.8. The third-order valence-electron chi connectivity index (χ3n) is 5.03. The number of aryl methyl sites for hydroxylation is 2. The molecule has 0 aliphatic carbocycles. The quantitative estimate of drug-likeness (QED) is 0.574. The Morgan fingerprint density at radius 1 is 0.938 bits per heavy atom. The van der Waals surface area contributed by atoms with E-state index in [1.165, 1.54) is 6.92 Å². The van der Waals surface area contributed by atoms with Crippen LogP contribution in [0.15, 0.2) is 42.5 Å². The number of anilines is 1. The van der Waals surface area contributed by atoms with E-state index in [1.807, 2.05) is 39.0 Å². The number of benzene rings is 2. The van der Waals surface area contributed by atoms with Crippen molar-refractivity contribution in [2.24, 2.45) is 5.92 Å². The molecule has 0 saturated carbocycles. The highest BCUT2D eigenvalue weighted by molar-refractivity contribution is 5.98. The molecule has 172 valence electrons. The molecule has 0 unspecified atom stereocenters. The largest absolute Gasteiger partial charge is 0.494 e. The minimum Gasteiger partial charge on any atom is -0.494 e. The normalized spacial score (nSPS) is 12.6. The lowest BCUT2D eigenvalue weighted by atomic mass is 10.0. The summed E-state index contributed by atoms with van der Waals surface area (Å²) >= 11 is 0. The van der Waals surface area contributed by atoms with E-state index in [4.69, 9.17) is 9.47 Å². The molecule has 0 aliphatic rings. The zero-order valence-electron chi connectivity index (χ0n) is 19.5. The van der Waals surface area contributed by atoms with Crippen LogP contribution in [0, 0.1) is 19.8 Å². The zero-order chi connectivity index (χ0) is 23.8. The number of ether oxygens (including phenoxy) is 2. The number of carbonyl (C=O) groups is 3. The molecule has 2 N–H and O–H groups in total. The second-order valence-electron chi connectivity index (χ2n) is 7.99. The third-order valence-corrected chi connectivity index (χ3v) is 5.03. The van der Waals surface area contributed by atoms with Crippen molar-refractivity contribution >= 4 is 23.5 Å². The highest BCUT2D eigenvalue weighted by Crippen LogP contribution is 2.20. The van der Waals surface area contributed by atoms with Crippen molar-refractivity contribution in [3.05, 3.63) is 59.2 Å². The standard InChI is InChI=1S/C25H32N2O5/c1-7-31-20-13-11-19(12-14-20)24(29)26-21(15(2)3)25(30)32-18(6)23(28)27-22-16(4)9-8-10-17(22)5/h8-15,18,21H,7H2,1-6H3,(H,26,29)(H,27,28)/t18-,21-/m0/s1. The van der Waals surface area contributed by atoms with Crippen molar-refractivity contribution in [3.63, 3.8) is 0 Å². The molecule has 0 aromatic heterocycles. The predicted octanol–water partition coefficient (Wildman–Crippen LogP) is 4.03. The highest BCUT2D eigenvalue weighted by atomic mass is 16.5. The maximum Gasteiger partial charge on any atom is 0.329 e. The fraction of sp³-hybridized carbons (Fsp3) is 0.400. The van der Waals surface area contributed by atoms with Crippen molar-refractivity contribution in [3.8, 4) is 5.75 Å². The van der Waals surface area contributed by atoms with Crippen molar-refractivity contribution in [1.82, 2.24) is 5.32 Å². The van der Waals surface area contributed by atoms with Gasteiger partial charge in [0.15, 0.2) is 6.10 Å². The van der Waals surface area contributed by atoms with E-state index in [-0.39, 0.29) is 5.92 Å². The summed E-state index contributed by atoms with van der Waals surface area (Å²) in [4.78, 5) is 38.0. The van der Waals surface area contributed by atoms with E-state index in [0.717, 1.165) is 11.1 Å². The molecule has 2 amide bonds. The molecule has 0 aliphatic heterocycles. The smallest absolute Gasteiger partial charge is 0.329 e. The molecule has 0 fully saturated rings. The van der Waals surface area contributed by atoms with Gasteiger partial charge >= 0.3 is 5.97 Å². The van der Waals surface area contributed by atoms with Gasteiger partial charge in [0.1, 0.15) is 11.8 Å². The summed E-state index contributed by atoms with van der Waals surface area (Å²) < 4.78 is 10.8. The molecule has 2 aromatic carbocycles. The number of amides is 2. The van der Waals surface area contributed by atoms with Gasteiger partial charge in [0.25, 0.3) is 11.8 Å². The fourth-order valence-corrected chi connectivity index (χ4v) is 3.13. The minimum atomic E-state index is -1.02. The lowest BCUT2D eigenvalue weighted by molar-refractivity contribution is -0.156. The molecule has 7 nitrogen and oxygen atoms in total. The Hall–Kier alpha value is -3.35. The molecule has 0 radical (unpaired) electrons. The van der Waals surface area contributed by atoms with E-state index >= 15 is 0 Å². The van der Waals surface area contributed by atoms with Crippen LogP contribution in [0.4, 0.5) is 5.69 Å². The van der Waals surface area contributed by atoms with Crippen LogP contribution in [-0.2, 0) is 14.3 Å². The molecule has 0 saturated heterocycles. The summed E-state index contributed by atoms with van der Waals surface area (Å²) in [6.07, 6.45) is -1.02. The van der Waals surface area contributed by atoms with Crippen molar-refractivity contribution < 1.29 is 23.9 Å². The zero-order valence-corrected chi connectivity index (χ0v) is 19.5. The number of hydrogen-bond acceptors (Lipinski definition) is 5. The summed E-state index contributed by atoms with van der Waals surface area (Å²) in [5, 5.41) is 5.53. The Bertz CT molecular complexity index is 933. The number of rotatable bonds is 9. The molecule has 0 bridgehead atoms. The summed E-state index contributed by atoms with van der Waals surface area (Å²) in [7, 11) is 0. The van der Waals surface area contributed by atoms with Crippen LogP contribution in [0.3, 0.4) is 0 Å². The number of para-hydroxylation sites is 1. The van der Waals surface area contributed by atoms with Gasteiger partial charge in [-0.15, -0.1) is 0 Å². The van der Waals surface area contributed by atoms with Gasteiger partial charge in [0, 0.05) is 11.3 Å². The first kappa shape index (κ1) is 24.9. The fourth-order valence-electron chi connectivity index (χ4n) is 3.13. The molecule has 2 rings (SSSR count). The van der Waals surface area contributed by atoms with Crippen molar-refractivity contribution in [2.45, 2.75) is 53.7 Å². The van der Waals surface area contributed by atoms with Gasteiger partial charge in [-0.25, -0.2) is 4.79 Å². The Balaban J connectivity index is 2.02. The molecule has 7 heteroatoms. The Labute approximate surface area is 189 Å². The predicted molar refractivity (Wildman–Crippen MR) is 124 cm³/mol. The van der Waals surface area contributed by atoms with Crippen molar-refractivity contribution in [2.75, 3.05) is 11.9 Å². The SMILES string of the molecule is CCOc1ccc(C(=O)N[C@H](C(=O)O[C@@H](C)C(=O)Nc2c(C)cccc2C)C(C)C)cc1. The van der Waals surface area contributed by atoms with Crippen LogP contribution in [0.1, 0.15) is 49.2 Å². The average molecular weight is 441 g/mol. The Morgan fingerprint density at radius 2 is 1.53 bits per heavy atom. The summed E-state index contributed by atoms with van der Waals surface area (Å²) in [5.41, 5.74) is 2.93. The van der Waals surface area contributed by atoms with E-state index in [2.05, 4.69) is 10.6 Å². The van der Waals surface area contributed by atoms with E-state index in [1.54, 1.807) is 38.1 Å². The monoisotopic (exact) mass is 440 g/mol. The Morgan fingerprint density at radius 3 is 2.06 bits per heavy atom. The molecule has 2 aromatic rings. The van der Waals surface area contributed by atoms with Gasteiger partial charge in [0.2, 0.25) is 0 Å². The first-order valence-electron chi connectivity index (χ1n) is 10.7. The molecular formula is C25H32N2O5. The van der Waals surface area contributed by atoms with E-state index in [9.17, 15) is 14.4 Å². The Kier molecular flexibility index (Phi) is 8.81. The van der Waals surface area contributed by atoms with Gasteiger partial charge in [-0.1, -0.05) is 32.0 Å².